The molecule has 0 aliphatic carbocycles. The maximum Gasteiger partial charge on any atom is 0.171 e. The molecular weight excluding hydrogens is 200 g/mol. The number of hydrogen-bond acceptors (Lipinski definition) is 5. The predicted octanol–water partition coefficient (Wildman–Crippen LogP) is 2.57. The number of carbonyl (C=O) groups is 1. The van der Waals surface area contributed by atoms with E-state index in [1.54, 1.807) is 5.41 Å². The lowest BCUT2D eigenvalue weighted by Gasteiger charge is -1.94. The summed E-state index contributed by atoms with van der Waals surface area (Å²) < 4.78 is 7.73. The Kier molecular flexibility index (Phi) is 3.88. The maximum atomic E-state index is 11.1. The minimum atomic E-state index is 0.129. The monoisotopic (exact) mass is 206 g/mol. The fourth-order valence-electron chi connectivity index (χ4n) is 0.471. The Bertz CT molecular complexity index is 254. The second-order valence-corrected chi connectivity index (χ2v) is 4.11. The molecule has 1 rings (SSSR count). The average molecular weight is 206 g/mol. The molecule has 0 saturated heterocycles. The normalized spacial score (nSPS) is 16.6. The van der Waals surface area contributed by atoms with E-state index in [1.165, 1.54) is 23.9 Å². The fourth-order valence-corrected chi connectivity index (χ4v) is 2.38. The third kappa shape index (κ3) is 2.80. The Morgan fingerprint density at radius 3 is 3.18 bits per heavy atom. The van der Waals surface area contributed by atoms with Gasteiger partial charge in [0.05, 0.1) is 16.3 Å². The van der Waals surface area contributed by atoms with Crippen molar-refractivity contribution in [3.05, 3.63) is 10.3 Å². The summed E-state index contributed by atoms with van der Waals surface area (Å²) in [5.74, 6) is 0.129. The van der Waals surface area contributed by atoms with Gasteiger partial charge in [-0.05, 0) is 0 Å². The molecule has 1 aliphatic heterocycles. The third-order valence-corrected chi connectivity index (χ3v) is 3.21. The van der Waals surface area contributed by atoms with Gasteiger partial charge < -0.3 is 0 Å². The van der Waals surface area contributed by atoms with Gasteiger partial charge in [0.1, 0.15) is 0 Å². The second-order valence-electron chi connectivity index (χ2n) is 1.69. The first-order valence-electron chi connectivity index (χ1n) is 2.97. The summed E-state index contributed by atoms with van der Waals surface area (Å²) in [6.07, 6.45) is 0.527. The Hall–Kier alpha value is -0.0700. The van der Waals surface area contributed by atoms with Gasteiger partial charge in [-0.3, -0.25) is 4.79 Å². The Morgan fingerprint density at radius 1 is 1.64 bits per heavy atom. The summed E-state index contributed by atoms with van der Waals surface area (Å²) in [4.78, 5) is 11.8. The van der Waals surface area contributed by atoms with E-state index in [2.05, 4.69) is 7.54 Å². The number of allylic oxidation sites excluding steroid dienone is 1. The molecule has 60 valence electrons. The van der Waals surface area contributed by atoms with Gasteiger partial charge in [-0.2, -0.15) is 0 Å². The lowest BCUT2D eigenvalue weighted by atomic mass is 10.3. The quantitative estimate of drug-likeness (QED) is 0.652. The molecule has 0 aromatic rings. The summed E-state index contributed by atoms with van der Waals surface area (Å²) in [5, 5.41) is 1.74. The molecule has 0 N–H and O–H groups in total. The van der Waals surface area contributed by atoms with Crippen molar-refractivity contribution >= 4 is 41.0 Å². The van der Waals surface area contributed by atoms with Crippen molar-refractivity contribution in [1.29, 1.82) is 0 Å². The van der Waals surface area contributed by atoms with E-state index in [9.17, 15) is 4.79 Å². The van der Waals surface area contributed by atoms with Crippen LogP contribution in [0.2, 0.25) is 0 Å². The number of Topliss-reactive ketones (excluding diaryl/α,β-unsaturated/α-hetero) is 1. The zero-order valence-electron chi connectivity index (χ0n) is 5.81. The zero-order valence-corrected chi connectivity index (χ0v) is 8.26. The van der Waals surface area contributed by atoms with Crippen LogP contribution in [0.15, 0.2) is 17.8 Å². The largest absolute Gasteiger partial charge is 0.294 e. The van der Waals surface area contributed by atoms with E-state index in [4.69, 9.17) is 0 Å². The van der Waals surface area contributed by atoms with E-state index in [-0.39, 0.29) is 5.78 Å². The Labute approximate surface area is 77.2 Å². The van der Waals surface area contributed by atoms with Gasteiger partial charge in [0.2, 0.25) is 0 Å². The van der Waals surface area contributed by atoms with E-state index in [0.717, 1.165) is 11.4 Å². The van der Waals surface area contributed by atoms with Crippen molar-refractivity contribution in [1.82, 2.24) is 0 Å². The molecule has 0 amide bonds. The molecule has 0 bridgehead atoms. The molecule has 0 spiro atoms. The number of rotatable bonds is 2. The number of hydrogen-bond donors (Lipinski definition) is 0. The molecule has 6 heteroatoms. The van der Waals surface area contributed by atoms with E-state index >= 15 is 0 Å². The summed E-state index contributed by atoms with van der Waals surface area (Å²) in [7, 11) is 0. The minimum absolute atomic E-state index is 0.129. The second kappa shape index (κ2) is 4.74. The van der Waals surface area contributed by atoms with Crippen LogP contribution in [-0.4, -0.2) is 5.78 Å². The van der Waals surface area contributed by atoms with Crippen LogP contribution in [0.3, 0.4) is 0 Å². The first-order chi connectivity index (χ1) is 5.34. The van der Waals surface area contributed by atoms with E-state index in [1.807, 2.05) is 6.92 Å². The predicted molar refractivity (Wildman–Crippen MR) is 50.8 cm³/mol. The zero-order chi connectivity index (χ0) is 8.10. The molecule has 0 unspecified atom stereocenters. The summed E-state index contributed by atoms with van der Waals surface area (Å²) in [5.41, 5.74) is 0. The van der Waals surface area contributed by atoms with Crippen LogP contribution < -0.4 is 0 Å². The van der Waals surface area contributed by atoms with Crippen molar-refractivity contribution in [2.45, 2.75) is 13.3 Å². The van der Waals surface area contributed by atoms with Crippen LogP contribution in [0.5, 0.6) is 0 Å². The molecule has 1 aliphatic rings. The molecule has 0 aromatic carbocycles. The highest BCUT2D eigenvalue weighted by molar-refractivity contribution is 8.10. The van der Waals surface area contributed by atoms with Crippen molar-refractivity contribution in [3.8, 4) is 0 Å². The van der Waals surface area contributed by atoms with Gasteiger partial charge in [-0.1, -0.05) is 6.92 Å². The number of carbonyl (C=O) groups excluding carboxylic acids is 1. The SMILES string of the molecule is CCC(=O)C1=CSN=S=NS1. The topological polar surface area (TPSA) is 41.8 Å². The summed E-state index contributed by atoms with van der Waals surface area (Å²) in [6, 6.07) is 0. The molecule has 1 heterocycles. The van der Waals surface area contributed by atoms with Crippen molar-refractivity contribution in [2.24, 2.45) is 7.54 Å². The highest BCUT2D eigenvalue weighted by atomic mass is 32.2. The first-order valence-corrected chi connectivity index (χ1v) is 5.31. The Morgan fingerprint density at radius 2 is 2.45 bits per heavy atom. The molecule has 11 heavy (non-hydrogen) atoms. The first kappa shape index (κ1) is 9.02. The average Bonchev–Trinajstić information content (AvgIpc) is 2.30. The van der Waals surface area contributed by atoms with Gasteiger partial charge in [0.25, 0.3) is 0 Å². The lowest BCUT2D eigenvalue weighted by molar-refractivity contribution is -0.114. The minimum Gasteiger partial charge on any atom is -0.294 e. The van der Waals surface area contributed by atoms with Gasteiger partial charge in [0.15, 0.2) is 5.78 Å². The van der Waals surface area contributed by atoms with Gasteiger partial charge in [-0.25, -0.2) is 0 Å². The van der Waals surface area contributed by atoms with Crippen molar-refractivity contribution in [3.63, 3.8) is 0 Å². The van der Waals surface area contributed by atoms with Crippen molar-refractivity contribution < 1.29 is 4.79 Å². The smallest absolute Gasteiger partial charge is 0.171 e. The number of ketones is 1. The van der Waals surface area contributed by atoms with E-state index in [0.29, 0.717) is 11.3 Å². The standard InChI is InChI=1S/C5H6N2OS3/c1-2-4(8)5-3-9-6-11-7-10-5/h3H,2H2,1H3. The van der Waals surface area contributed by atoms with Crippen LogP contribution >= 0.6 is 23.9 Å². The van der Waals surface area contributed by atoms with Crippen LogP contribution in [-0.2, 0) is 16.1 Å². The highest BCUT2D eigenvalue weighted by Gasteiger charge is 2.08. The molecule has 0 atom stereocenters. The molecule has 0 saturated carbocycles. The summed E-state index contributed by atoms with van der Waals surface area (Å²) in [6.45, 7) is 1.84. The van der Waals surface area contributed by atoms with Crippen LogP contribution in [0, 0.1) is 0 Å². The lowest BCUT2D eigenvalue weighted by Crippen LogP contribution is -1.94. The van der Waals surface area contributed by atoms with Gasteiger partial charge >= 0.3 is 0 Å². The fraction of sp³-hybridized carbons (Fsp3) is 0.400. The van der Waals surface area contributed by atoms with Crippen LogP contribution in [0.1, 0.15) is 13.3 Å². The van der Waals surface area contributed by atoms with Crippen LogP contribution in [0.25, 0.3) is 0 Å². The number of nitrogens with zero attached hydrogens (tertiary/aromatic N) is 2. The van der Waals surface area contributed by atoms with Crippen LogP contribution in [0.4, 0.5) is 0 Å². The molecule has 0 aromatic heterocycles. The van der Waals surface area contributed by atoms with Crippen molar-refractivity contribution in [2.75, 3.05) is 0 Å². The molecule has 3 nitrogen and oxygen atoms in total. The molecule has 0 fully saturated rings. The van der Waals surface area contributed by atoms with Gasteiger partial charge in [0, 0.05) is 35.7 Å². The molecule has 0 radical (unpaired) electrons. The highest BCUT2D eigenvalue weighted by Crippen LogP contribution is 2.25. The summed E-state index contributed by atoms with van der Waals surface area (Å²) >= 11 is 3.58. The Balaban J connectivity index is 2.67. The van der Waals surface area contributed by atoms with E-state index < -0.39 is 0 Å². The van der Waals surface area contributed by atoms with Gasteiger partial charge in [-0.15, -0.1) is 7.54 Å². The maximum absolute atomic E-state index is 11.1. The molecular formula is C5H6N2OS3. The third-order valence-electron chi connectivity index (χ3n) is 1.00.